The van der Waals surface area contributed by atoms with Gasteiger partial charge in [-0.15, -0.1) is 12.3 Å². The molecule has 0 aromatic heterocycles. The smallest absolute Gasteiger partial charge is 0.394 e. The van der Waals surface area contributed by atoms with Crippen LogP contribution in [0, 0.1) is 12.3 Å². The molecule has 0 aliphatic rings. The Kier molecular flexibility index (Phi) is 16.4. The Morgan fingerprint density at radius 1 is 1.60 bits per heavy atom. The average molecular weight is 149 g/mol. The molecular formula is C5H8FNO3. The fourth-order valence-electron chi connectivity index (χ4n) is 0. The molecule has 3 N–H and O–H groups in total. The van der Waals surface area contributed by atoms with Gasteiger partial charge in [0.05, 0.1) is 0 Å². The Morgan fingerprint density at radius 3 is 1.70 bits per heavy atom. The van der Waals surface area contributed by atoms with Crippen LogP contribution in [-0.4, -0.2) is 17.0 Å². The van der Waals surface area contributed by atoms with Crippen molar-refractivity contribution in [1.82, 2.24) is 0 Å². The van der Waals surface area contributed by atoms with E-state index in [9.17, 15) is 9.59 Å². The van der Waals surface area contributed by atoms with Crippen LogP contribution in [0.25, 0.3) is 0 Å². The Balaban J connectivity index is -0.000000107. The minimum Gasteiger partial charge on any atom is -0.474 e. The molecule has 0 spiro atoms. The number of rotatable bonds is 0. The van der Waals surface area contributed by atoms with Gasteiger partial charge in [0.25, 0.3) is 0 Å². The van der Waals surface area contributed by atoms with Crippen LogP contribution in [0.1, 0.15) is 6.92 Å². The zero-order valence-electron chi connectivity index (χ0n) is 5.33. The number of carbonyl (C=O) groups excluding carboxylic acids is 1. The van der Waals surface area contributed by atoms with Crippen molar-refractivity contribution < 1.29 is 19.4 Å². The maximum atomic E-state index is 9.32. The molecule has 0 aromatic carbocycles. The lowest BCUT2D eigenvalue weighted by Gasteiger charge is -1.74. The largest absolute Gasteiger partial charge is 0.474 e. The monoisotopic (exact) mass is 149 g/mol. The van der Waals surface area contributed by atoms with Crippen LogP contribution in [0.15, 0.2) is 0 Å². The van der Waals surface area contributed by atoms with Crippen LogP contribution in [0.4, 0.5) is 4.70 Å². The number of carbonyl (C=O) groups is 2. The molecule has 4 nitrogen and oxygen atoms in total. The molecule has 0 saturated heterocycles. The predicted octanol–water partition coefficient (Wildman–Crippen LogP) is -0.652. The third-order valence-electron chi connectivity index (χ3n) is 0.211. The van der Waals surface area contributed by atoms with E-state index >= 15 is 0 Å². The molecule has 0 aliphatic heterocycles. The van der Waals surface area contributed by atoms with Crippen molar-refractivity contribution in [2.24, 2.45) is 5.73 Å². The lowest BCUT2D eigenvalue weighted by atomic mass is 10.7. The summed E-state index contributed by atoms with van der Waals surface area (Å²) in [4.78, 5) is 18.5. The second kappa shape index (κ2) is 10.4. The van der Waals surface area contributed by atoms with Crippen molar-refractivity contribution in [3.05, 3.63) is 0 Å². The summed E-state index contributed by atoms with van der Waals surface area (Å²) < 4.78 is 0. The Morgan fingerprint density at radius 2 is 1.70 bits per heavy atom. The minimum atomic E-state index is -1.60. The molecule has 0 aromatic rings. The van der Waals surface area contributed by atoms with Gasteiger partial charge in [-0.2, -0.15) is 0 Å². The fraction of sp³-hybridized carbons (Fsp3) is 0.200. The standard InChI is InChI=1S/C3H4.C2H3NO3.FH/c1-3-2;3-1(4)2(5)6;/h1H,2H3;(H2,3,4)(H,5,6);1H. The fourth-order valence-corrected chi connectivity index (χ4v) is 0. The van der Waals surface area contributed by atoms with Gasteiger partial charge in [0.15, 0.2) is 0 Å². The van der Waals surface area contributed by atoms with Crippen molar-refractivity contribution in [2.75, 3.05) is 0 Å². The summed E-state index contributed by atoms with van der Waals surface area (Å²) >= 11 is 0. The summed E-state index contributed by atoms with van der Waals surface area (Å²) in [6.45, 7) is 1.65. The number of hydrogen-bond donors (Lipinski definition) is 2. The number of nitrogens with two attached hydrogens (primary N) is 1. The molecular weight excluding hydrogens is 141 g/mol. The van der Waals surface area contributed by atoms with Crippen LogP contribution in [0.3, 0.4) is 0 Å². The number of amides is 1. The zero-order chi connectivity index (χ0) is 7.86. The van der Waals surface area contributed by atoms with Crippen molar-refractivity contribution in [3.63, 3.8) is 0 Å². The Hall–Kier alpha value is -1.57. The number of carboxylic acids is 1. The number of aliphatic carboxylic acids is 1. The van der Waals surface area contributed by atoms with E-state index in [4.69, 9.17) is 5.11 Å². The van der Waals surface area contributed by atoms with Crippen LogP contribution in [0.5, 0.6) is 0 Å². The quantitative estimate of drug-likeness (QED) is 0.354. The van der Waals surface area contributed by atoms with Gasteiger partial charge in [-0.3, -0.25) is 9.50 Å². The SMILES string of the molecule is C#CC.F.NC(=O)C(=O)O. The molecule has 0 radical (unpaired) electrons. The van der Waals surface area contributed by atoms with Crippen LogP contribution >= 0.6 is 0 Å². The van der Waals surface area contributed by atoms with Gasteiger partial charge in [0, 0.05) is 0 Å². The number of primary amides is 1. The third kappa shape index (κ3) is 32.1. The summed E-state index contributed by atoms with van der Waals surface area (Å²) in [7, 11) is 0. The molecule has 1 amide bonds. The zero-order valence-corrected chi connectivity index (χ0v) is 5.33. The van der Waals surface area contributed by atoms with Gasteiger partial charge in [-0.25, -0.2) is 4.79 Å². The van der Waals surface area contributed by atoms with Gasteiger partial charge >= 0.3 is 11.9 Å². The molecule has 0 bridgehead atoms. The predicted molar refractivity (Wildman–Crippen MR) is 33.8 cm³/mol. The lowest BCUT2D eigenvalue weighted by Crippen LogP contribution is -2.21. The van der Waals surface area contributed by atoms with E-state index in [2.05, 4.69) is 18.1 Å². The summed E-state index contributed by atoms with van der Waals surface area (Å²) in [5.41, 5.74) is 4.20. The molecule has 0 heterocycles. The molecule has 0 fully saturated rings. The minimum absolute atomic E-state index is 0. The average Bonchev–Trinajstić information content (AvgIpc) is 1.68. The van der Waals surface area contributed by atoms with E-state index in [0.29, 0.717) is 0 Å². The van der Waals surface area contributed by atoms with Crippen molar-refractivity contribution >= 4 is 11.9 Å². The summed E-state index contributed by atoms with van der Waals surface area (Å²) in [6, 6.07) is 0. The van der Waals surface area contributed by atoms with Crippen LogP contribution < -0.4 is 5.73 Å². The summed E-state index contributed by atoms with van der Waals surface area (Å²) in [5, 5.41) is 7.52. The number of halogens is 1. The van der Waals surface area contributed by atoms with E-state index in [1.165, 1.54) is 0 Å². The van der Waals surface area contributed by atoms with Gasteiger partial charge < -0.3 is 10.8 Å². The first kappa shape index (κ1) is 15.8. The van der Waals surface area contributed by atoms with Crippen molar-refractivity contribution in [1.29, 1.82) is 0 Å². The molecule has 0 unspecified atom stereocenters. The second-order valence-corrected chi connectivity index (χ2v) is 0.958. The number of hydrogen-bond acceptors (Lipinski definition) is 2. The molecule has 0 aliphatic carbocycles. The van der Waals surface area contributed by atoms with E-state index in [-0.39, 0.29) is 4.70 Å². The highest BCUT2D eigenvalue weighted by Gasteiger charge is 2.00. The first-order valence-electron chi connectivity index (χ1n) is 1.96. The molecule has 58 valence electrons. The van der Waals surface area contributed by atoms with E-state index in [1.54, 1.807) is 6.92 Å². The molecule has 10 heavy (non-hydrogen) atoms. The van der Waals surface area contributed by atoms with Crippen LogP contribution in [0.2, 0.25) is 0 Å². The lowest BCUT2D eigenvalue weighted by molar-refractivity contribution is -0.148. The normalized spacial score (nSPS) is 5.20. The molecule has 0 atom stereocenters. The molecule has 0 rings (SSSR count). The summed E-state index contributed by atoms with van der Waals surface area (Å²) in [6.07, 6.45) is 4.60. The first-order valence-corrected chi connectivity index (χ1v) is 1.96. The third-order valence-corrected chi connectivity index (χ3v) is 0.211. The van der Waals surface area contributed by atoms with E-state index in [1.807, 2.05) is 0 Å². The highest BCUT2D eigenvalue weighted by atomic mass is 19.0. The van der Waals surface area contributed by atoms with E-state index in [0.717, 1.165) is 0 Å². The van der Waals surface area contributed by atoms with Gasteiger partial charge in [0.2, 0.25) is 0 Å². The molecule has 0 saturated carbocycles. The Labute approximate surface area is 57.4 Å². The first-order chi connectivity index (χ1) is 4.06. The van der Waals surface area contributed by atoms with Gasteiger partial charge in [0.1, 0.15) is 0 Å². The van der Waals surface area contributed by atoms with Gasteiger partial charge in [-0.1, -0.05) is 0 Å². The van der Waals surface area contributed by atoms with Crippen LogP contribution in [-0.2, 0) is 9.59 Å². The maximum Gasteiger partial charge on any atom is 0.394 e. The maximum absolute atomic E-state index is 9.32. The number of terminal acetylenes is 1. The summed E-state index contributed by atoms with van der Waals surface area (Å²) in [5.74, 6) is -0.676. The highest BCUT2D eigenvalue weighted by molar-refractivity contribution is 6.30. The van der Waals surface area contributed by atoms with Crippen molar-refractivity contribution in [3.8, 4) is 12.3 Å². The van der Waals surface area contributed by atoms with Gasteiger partial charge in [-0.05, 0) is 6.92 Å². The van der Waals surface area contributed by atoms with E-state index < -0.39 is 11.9 Å². The molecule has 5 heteroatoms. The second-order valence-electron chi connectivity index (χ2n) is 0.958. The Bertz CT molecular complexity index is 137. The number of carboxylic acid groups (broad SMARTS) is 1. The van der Waals surface area contributed by atoms with Crippen molar-refractivity contribution in [2.45, 2.75) is 6.92 Å². The highest BCUT2D eigenvalue weighted by Crippen LogP contribution is 1.51. The topological polar surface area (TPSA) is 80.4 Å².